The molecule has 3 aromatic rings. The van der Waals surface area contributed by atoms with Gasteiger partial charge in [0.05, 0.1) is 5.02 Å². The van der Waals surface area contributed by atoms with E-state index in [9.17, 15) is 0 Å². The number of rotatable bonds is 1. The fourth-order valence-electron chi connectivity index (χ4n) is 1.39. The molecule has 0 unspecified atom stereocenters. The number of imidazole rings is 1. The Morgan fingerprint density at radius 1 is 1.19 bits per heavy atom. The molecule has 0 aliphatic carbocycles. The molecule has 7 heteroatoms. The zero-order valence-corrected chi connectivity index (χ0v) is 9.25. The fraction of sp³-hybridized carbons (Fsp3) is 0. The Morgan fingerprint density at radius 2 is 2.06 bits per heavy atom. The van der Waals surface area contributed by atoms with Gasteiger partial charge in [0.15, 0.2) is 0 Å². The molecular formula is C9H4Cl2N4O. The van der Waals surface area contributed by atoms with Crippen LogP contribution in [0, 0.1) is 0 Å². The van der Waals surface area contributed by atoms with Crippen molar-refractivity contribution in [2.75, 3.05) is 0 Å². The Morgan fingerprint density at radius 3 is 2.81 bits per heavy atom. The number of hydrogen-bond donors (Lipinski definition) is 1. The lowest BCUT2D eigenvalue weighted by atomic mass is 10.2. The molecule has 0 amide bonds. The summed E-state index contributed by atoms with van der Waals surface area (Å²) in [6.45, 7) is 0. The van der Waals surface area contributed by atoms with Crippen molar-refractivity contribution in [3.8, 4) is 11.4 Å². The summed E-state index contributed by atoms with van der Waals surface area (Å²) in [5.74, 6) is 0.586. The molecule has 0 atom stereocenters. The van der Waals surface area contributed by atoms with E-state index in [0.717, 1.165) is 5.56 Å². The molecule has 2 aromatic heterocycles. The highest BCUT2D eigenvalue weighted by molar-refractivity contribution is 6.36. The van der Waals surface area contributed by atoms with E-state index in [1.54, 1.807) is 18.2 Å². The average Bonchev–Trinajstić information content (AvgIpc) is 2.76. The molecule has 80 valence electrons. The summed E-state index contributed by atoms with van der Waals surface area (Å²) in [5, 5.41) is 8.34. The minimum atomic E-state index is 0.418. The van der Waals surface area contributed by atoms with Crippen molar-refractivity contribution in [1.82, 2.24) is 20.3 Å². The number of hydrogen-bond acceptors (Lipinski definition) is 4. The lowest BCUT2D eigenvalue weighted by molar-refractivity contribution is 0.313. The second-order valence-electron chi connectivity index (χ2n) is 3.15. The third-order valence-electron chi connectivity index (χ3n) is 2.11. The van der Waals surface area contributed by atoms with Crippen LogP contribution in [-0.2, 0) is 0 Å². The zero-order valence-electron chi connectivity index (χ0n) is 7.74. The summed E-state index contributed by atoms with van der Waals surface area (Å²) in [6, 6.07) is 5.16. The summed E-state index contributed by atoms with van der Waals surface area (Å²) < 4.78 is 4.50. The zero-order chi connectivity index (χ0) is 11.1. The molecule has 0 radical (unpaired) electrons. The molecule has 2 heterocycles. The molecule has 1 N–H and O–H groups in total. The number of nitrogens with zero attached hydrogens (tertiary/aromatic N) is 3. The van der Waals surface area contributed by atoms with Crippen molar-refractivity contribution in [2.24, 2.45) is 0 Å². The van der Waals surface area contributed by atoms with Gasteiger partial charge in [-0.1, -0.05) is 23.2 Å². The van der Waals surface area contributed by atoms with Gasteiger partial charge in [-0.25, -0.2) is 9.61 Å². The van der Waals surface area contributed by atoms with Crippen LogP contribution in [0.1, 0.15) is 0 Å². The van der Waals surface area contributed by atoms with Gasteiger partial charge in [-0.2, -0.15) is 0 Å². The maximum Gasteiger partial charge on any atom is 0.243 e. The van der Waals surface area contributed by atoms with Gasteiger partial charge in [-0.05, 0) is 28.5 Å². The number of H-pyrrole nitrogens is 1. The second-order valence-corrected chi connectivity index (χ2v) is 3.99. The SMILES string of the molecule is Clc1ccc(-c2nc3nonc3[nH]2)c(Cl)c1. The van der Waals surface area contributed by atoms with Crippen LogP contribution in [0.4, 0.5) is 0 Å². The van der Waals surface area contributed by atoms with E-state index in [-0.39, 0.29) is 0 Å². The fourth-order valence-corrected chi connectivity index (χ4v) is 1.89. The molecule has 0 aliphatic rings. The molecular weight excluding hydrogens is 251 g/mol. The smallest absolute Gasteiger partial charge is 0.243 e. The Hall–Kier alpha value is -1.59. The minimum absolute atomic E-state index is 0.418. The van der Waals surface area contributed by atoms with Crippen LogP contribution in [-0.4, -0.2) is 20.3 Å². The quantitative estimate of drug-likeness (QED) is 0.725. The molecule has 0 saturated heterocycles. The van der Waals surface area contributed by atoms with E-state index >= 15 is 0 Å². The van der Waals surface area contributed by atoms with Gasteiger partial charge in [0.25, 0.3) is 0 Å². The predicted molar refractivity (Wildman–Crippen MR) is 59.4 cm³/mol. The summed E-state index contributed by atoms with van der Waals surface area (Å²) in [4.78, 5) is 7.13. The van der Waals surface area contributed by atoms with Crippen molar-refractivity contribution in [1.29, 1.82) is 0 Å². The number of benzene rings is 1. The van der Waals surface area contributed by atoms with Gasteiger partial charge in [-0.15, -0.1) is 0 Å². The molecule has 0 spiro atoms. The van der Waals surface area contributed by atoms with Crippen LogP contribution in [0.25, 0.3) is 22.7 Å². The van der Waals surface area contributed by atoms with Crippen LogP contribution in [0.5, 0.6) is 0 Å². The highest BCUT2D eigenvalue weighted by atomic mass is 35.5. The lowest BCUT2D eigenvalue weighted by Gasteiger charge is -2.00. The number of aromatic nitrogens is 4. The normalized spacial score (nSPS) is 11.1. The first-order valence-electron chi connectivity index (χ1n) is 4.38. The lowest BCUT2D eigenvalue weighted by Crippen LogP contribution is -1.82. The van der Waals surface area contributed by atoms with Crippen molar-refractivity contribution < 1.29 is 4.63 Å². The number of aromatic amines is 1. The van der Waals surface area contributed by atoms with Gasteiger partial charge >= 0.3 is 0 Å². The standard InChI is InChI=1S/C9H4Cl2N4O/c10-4-1-2-5(6(11)3-4)7-12-8-9(13-7)15-16-14-8/h1-3H,(H,12,13,14,15). The summed E-state index contributed by atoms with van der Waals surface area (Å²) in [6.07, 6.45) is 0. The topological polar surface area (TPSA) is 67.6 Å². The van der Waals surface area contributed by atoms with Crippen LogP contribution in [0.2, 0.25) is 10.0 Å². The molecule has 0 bridgehead atoms. The van der Waals surface area contributed by atoms with Crippen LogP contribution >= 0.6 is 23.2 Å². The molecule has 1 aromatic carbocycles. The minimum Gasteiger partial charge on any atom is -0.318 e. The van der Waals surface area contributed by atoms with Crippen molar-refractivity contribution in [3.05, 3.63) is 28.2 Å². The first-order valence-corrected chi connectivity index (χ1v) is 5.13. The number of halogens is 2. The molecule has 0 aliphatic heterocycles. The van der Waals surface area contributed by atoms with Crippen molar-refractivity contribution in [2.45, 2.75) is 0 Å². The number of fused-ring (bicyclic) bond motifs is 1. The Kier molecular flexibility index (Phi) is 2.08. The van der Waals surface area contributed by atoms with E-state index in [4.69, 9.17) is 23.2 Å². The van der Waals surface area contributed by atoms with E-state index in [1.807, 2.05) is 0 Å². The molecule has 16 heavy (non-hydrogen) atoms. The summed E-state index contributed by atoms with van der Waals surface area (Å²) >= 11 is 11.9. The second kappa shape index (κ2) is 3.47. The van der Waals surface area contributed by atoms with Gasteiger partial charge in [-0.3, -0.25) is 0 Å². The first-order chi connectivity index (χ1) is 7.74. The number of nitrogens with one attached hydrogen (secondary N) is 1. The van der Waals surface area contributed by atoms with Gasteiger partial charge in [0, 0.05) is 10.6 Å². The predicted octanol–water partition coefficient (Wildman–Crippen LogP) is 2.92. The first kappa shape index (κ1) is 9.62. The monoisotopic (exact) mass is 254 g/mol. The van der Waals surface area contributed by atoms with E-state index < -0.39 is 0 Å². The van der Waals surface area contributed by atoms with E-state index in [0.29, 0.717) is 27.2 Å². The van der Waals surface area contributed by atoms with Crippen molar-refractivity contribution in [3.63, 3.8) is 0 Å². The van der Waals surface area contributed by atoms with Gasteiger partial charge in [0.1, 0.15) is 5.82 Å². The van der Waals surface area contributed by atoms with Gasteiger partial charge < -0.3 is 4.98 Å². The van der Waals surface area contributed by atoms with Crippen molar-refractivity contribution >= 4 is 34.5 Å². The van der Waals surface area contributed by atoms with Crippen LogP contribution in [0.15, 0.2) is 22.8 Å². The molecule has 5 nitrogen and oxygen atoms in total. The Labute approximate surface area is 99.3 Å². The maximum atomic E-state index is 6.05. The highest BCUT2D eigenvalue weighted by Gasteiger charge is 2.12. The van der Waals surface area contributed by atoms with Crippen LogP contribution < -0.4 is 0 Å². The Balaban J connectivity index is 2.19. The molecule has 3 rings (SSSR count). The van der Waals surface area contributed by atoms with E-state index in [1.165, 1.54) is 0 Å². The molecule has 0 saturated carbocycles. The molecule has 0 fully saturated rings. The maximum absolute atomic E-state index is 6.05. The van der Waals surface area contributed by atoms with E-state index in [2.05, 4.69) is 24.9 Å². The largest absolute Gasteiger partial charge is 0.318 e. The Bertz CT molecular complexity index is 632. The summed E-state index contributed by atoms with van der Waals surface area (Å²) in [5.41, 5.74) is 1.65. The summed E-state index contributed by atoms with van der Waals surface area (Å²) in [7, 11) is 0. The van der Waals surface area contributed by atoms with Crippen LogP contribution in [0.3, 0.4) is 0 Å². The average molecular weight is 255 g/mol. The third kappa shape index (κ3) is 1.45. The van der Waals surface area contributed by atoms with Gasteiger partial charge in [0.2, 0.25) is 11.3 Å². The highest BCUT2D eigenvalue weighted by Crippen LogP contribution is 2.29. The third-order valence-corrected chi connectivity index (χ3v) is 2.66.